The number of carbonyl (C=O) groups excluding carboxylic acids is 2. The van der Waals surface area contributed by atoms with Gasteiger partial charge >= 0.3 is 18.4 Å². The van der Waals surface area contributed by atoms with Gasteiger partial charge in [-0.3, -0.25) is 5.01 Å². The second-order valence-corrected chi connectivity index (χ2v) is 12.2. The van der Waals surface area contributed by atoms with Gasteiger partial charge in [0, 0.05) is 29.5 Å². The molecule has 4 aromatic rings. The van der Waals surface area contributed by atoms with Crippen molar-refractivity contribution >= 4 is 22.3 Å². The van der Waals surface area contributed by atoms with E-state index >= 15 is 0 Å². The number of ether oxygens (including phenoxy) is 3. The van der Waals surface area contributed by atoms with Gasteiger partial charge in [0.2, 0.25) is 0 Å². The van der Waals surface area contributed by atoms with Gasteiger partial charge in [0.05, 0.1) is 29.0 Å². The number of halogens is 3. The van der Waals surface area contributed by atoms with Crippen molar-refractivity contribution in [2.75, 3.05) is 31.5 Å². The van der Waals surface area contributed by atoms with Crippen LogP contribution in [0.15, 0.2) is 64.1 Å². The Hall–Kier alpha value is -5.07. The minimum atomic E-state index is -4.70. The van der Waals surface area contributed by atoms with Gasteiger partial charge < -0.3 is 19.0 Å². The summed E-state index contributed by atoms with van der Waals surface area (Å²) in [7, 11) is -4.36. The number of rotatable bonds is 11. The van der Waals surface area contributed by atoms with Gasteiger partial charge in [0.25, 0.3) is 16.8 Å². The number of aryl methyl sites for hydroxylation is 1. The van der Waals surface area contributed by atoms with Crippen LogP contribution < -0.4 is 14.6 Å². The minimum Gasteiger partial charge on any atom is -0.448 e. The summed E-state index contributed by atoms with van der Waals surface area (Å²) >= 11 is 0. The molecule has 2 aromatic carbocycles. The Balaban J connectivity index is 1.12. The van der Waals surface area contributed by atoms with E-state index in [1.54, 1.807) is 43.1 Å². The van der Waals surface area contributed by atoms with Crippen molar-refractivity contribution in [2.45, 2.75) is 37.9 Å². The van der Waals surface area contributed by atoms with Crippen LogP contribution in [0.5, 0.6) is 0 Å². The first-order valence-corrected chi connectivity index (χ1v) is 15.2. The lowest BCUT2D eigenvalue weighted by atomic mass is 10.0. The molecule has 15 nitrogen and oxygen atoms in total. The quantitative estimate of drug-likeness (QED) is 0.183. The SMILES string of the molecule is Cc1ccc(-c2cc(C(F)(F)F)nn2-c2ccc(S(=O)(=O)NC(=O)OCC3CN(n4on4OCOC(=O)OC(C)C)C3)cc2)cc1. The van der Waals surface area contributed by atoms with E-state index in [0.717, 1.165) is 33.5 Å². The number of nitrogens with one attached hydrogen (secondary N) is 1. The van der Waals surface area contributed by atoms with Crippen molar-refractivity contribution in [3.8, 4) is 16.9 Å². The topological polar surface area (TPSA) is 161 Å². The summed E-state index contributed by atoms with van der Waals surface area (Å²) in [6, 6.07) is 12.6. The monoisotopic (exact) mass is 670 g/mol. The van der Waals surface area contributed by atoms with Crippen LogP contribution in [0.2, 0.25) is 0 Å². The number of sulfonamides is 1. The fraction of sp³-hybridized carbons (Fsp3) is 0.370. The zero-order chi connectivity index (χ0) is 33.2. The Labute approximate surface area is 259 Å². The minimum absolute atomic E-state index is 0.0989. The molecule has 46 heavy (non-hydrogen) atoms. The van der Waals surface area contributed by atoms with Gasteiger partial charge in [-0.15, -0.1) is 0 Å². The Morgan fingerprint density at radius 1 is 1.07 bits per heavy atom. The van der Waals surface area contributed by atoms with E-state index in [2.05, 4.69) is 5.10 Å². The molecule has 1 amide bonds. The lowest BCUT2D eigenvalue weighted by Gasteiger charge is -2.35. The van der Waals surface area contributed by atoms with Crippen molar-refractivity contribution in [1.82, 2.24) is 24.5 Å². The number of nitrogens with zero attached hydrogens (tertiary/aromatic N) is 5. The Bertz CT molecular complexity index is 1770. The third-order valence-electron chi connectivity index (χ3n) is 6.52. The van der Waals surface area contributed by atoms with Crippen LogP contribution in [0.25, 0.3) is 16.9 Å². The van der Waals surface area contributed by atoms with Gasteiger partial charge in [-0.2, -0.15) is 22.9 Å². The van der Waals surface area contributed by atoms with E-state index < -0.39 is 40.9 Å². The molecule has 3 heterocycles. The molecule has 5 rings (SSSR count). The molecule has 0 unspecified atom stereocenters. The molecule has 0 bridgehead atoms. The Morgan fingerprint density at radius 3 is 2.37 bits per heavy atom. The first-order chi connectivity index (χ1) is 21.7. The second-order valence-electron chi connectivity index (χ2n) is 10.5. The zero-order valence-corrected chi connectivity index (χ0v) is 25.4. The smallest absolute Gasteiger partial charge is 0.448 e. The third-order valence-corrected chi connectivity index (χ3v) is 7.84. The summed E-state index contributed by atoms with van der Waals surface area (Å²) in [6.07, 6.45) is -7.14. The summed E-state index contributed by atoms with van der Waals surface area (Å²) in [6.45, 7) is 5.38. The van der Waals surface area contributed by atoms with E-state index in [1.165, 1.54) is 17.1 Å². The summed E-state index contributed by atoms with van der Waals surface area (Å²) in [4.78, 5) is 29.5. The van der Waals surface area contributed by atoms with Crippen molar-refractivity contribution in [3.05, 3.63) is 65.9 Å². The lowest BCUT2D eigenvalue weighted by Crippen LogP contribution is -2.54. The van der Waals surface area contributed by atoms with Crippen LogP contribution in [-0.4, -0.2) is 73.0 Å². The second kappa shape index (κ2) is 12.7. The number of carbonyl (C=O) groups is 2. The van der Waals surface area contributed by atoms with Gasteiger partial charge in [-0.05, 0) is 51.1 Å². The van der Waals surface area contributed by atoms with E-state index in [0.29, 0.717) is 18.7 Å². The Morgan fingerprint density at radius 2 is 1.74 bits per heavy atom. The van der Waals surface area contributed by atoms with Crippen molar-refractivity contribution < 1.29 is 54.9 Å². The van der Waals surface area contributed by atoms with Gasteiger partial charge in [-0.25, -0.2) is 27.4 Å². The van der Waals surface area contributed by atoms with Crippen molar-refractivity contribution in [1.29, 1.82) is 0 Å². The van der Waals surface area contributed by atoms with E-state index in [9.17, 15) is 31.2 Å². The number of hydrogen-bond acceptors (Lipinski definition) is 11. The molecule has 248 valence electrons. The fourth-order valence-electron chi connectivity index (χ4n) is 4.21. The molecule has 0 radical (unpaired) electrons. The lowest BCUT2D eigenvalue weighted by molar-refractivity contribution is -0.141. The first-order valence-electron chi connectivity index (χ1n) is 13.7. The molecule has 1 saturated heterocycles. The molecule has 0 atom stereocenters. The molecule has 1 aliphatic rings. The average molecular weight is 671 g/mol. The van der Waals surface area contributed by atoms with Gasteiger partial charge in [0.1, 0.15) is 5.02 Å². The van der Waals surface area contributed by atoms with Crippen molar-refractivity contribution in [3.63, 3.8) is 0 Å². The highest BCUT2D eigenvalue weighted by Gasteiger charge is 2.36. The van der Waals surface area contributed by atoms with Gasteiger partial charge in [0.15, 0.2) is 5.69 Å². The maximum Gasteiger partial charge on any atom is 0.511 e. The summed E-state index contributed by atoms with van der Waals surface area (Å²) in [5.41, 5.74) is 0.610. The number of amides is 1. The molecular formula is C27H29F3N6O9S. The van der Waals surface area contributed by atoms with Crippen LogP contribution in [0.4, 0.5) is 22.8 Å². The van der Waals surface area contributed by atoms with E-state index in [-0.39, 0.29) is 34.9 Å². The highest BCUT2D eigenvalue weighted by atomic mass is 32.2. The van der Waals surface area contributed by atoms with E-state index in [4.69, 9.17) is 23.7 Å². The molecule has 0 aliphatic carbocycles. The van der Waals surface area contributed by atoms with Crippen LogP contribution in [0.3, 0.4) is 0 Å². The van der Waals surface area contributed by atoms with Crippen LogP contribution >= 0.6 is 0 Å². The summed E-state index contributed by atoms with van der Waals surface area (Å²) < 4.78 is 88.4. The molecule has 19 heteroatoms. The highest BCUT2D eigenvalue weighted by Crippen LogP contribution is 2.33. The van der Waals surface area contributed by atoms with Crippen molar-refractivity contribution in [2.24, 2.45) is 5.92 Å². The molecule has 2 aromatic heterocycles. The number of benzene rings is 2. The summed E-state index contributed by atoms with van der Waals surface area (Å²) in [5.74, 6) is -0.144. The third kappa shape index (κ3) is 7.76. The molecular weight excluding hydrogens is 641 g/mol. The standard InChI is InChI=1S/C27H29F3N6O9S/c1-17(2)44-26(38)42-16-43-36-35(45-36)33-13-19(14-33)15-41-25(37)32-46(39,40)22-10-8-21(9-11-22)34-23(12-24(31-34)27(28,29)30)20-6-4-18(3)5-7-20/h4-12,17,19H,13-16H2,1-3H3,(H,32,37). The number of hydrogen-bond donors (Lipinski definition) is 1. The van der Waals surface area contributed by atoms with Crippen LogP contribution in [-0.2, 0) is 30.4 Å². The Kier molecular flexibility index (Phi) is 8.95. The molecule has 1 aliphatic heterocycles. The van der Waals surface area contributed by atoms with Gasteiger partial charge in [-0.1, -0.05) is 29.8 Å². The first kappa shape index (κ1) is 32.3. The predicted molar refractivity (Wildman–Crippen MR) is 151 cm³/mol. The molecule has 0 saturated carbocycles. The summed E-state index contributed by atoms with van der Waals surface area (Å²) in [5, 5.41) is 6.32. The van der Waals surface area contributed by atoms with Crippen LogP contribution in [0.1, 0.15) is 25.1 Å². The molecule has 1 fully saturated rings. The maximum atomic E-state index is 13.5. The fourth-order valence-corrected chi connectivity index (χ4v) is 5.10. The van der Waals surface area contributed by atoms with E-state index in [1.807, 2.05) is 11.6 Å². The molecule has 0 spiro atoms. The predicted octanol–water partition coefficient (Wildman–Crippen LogP) is 3.69. The number of aromatic nitrogens is 4. The largest absolute Gasteiger partial charge is 0.511 e. The molecule has 1 N–H and O–H groups in total. The average Bonchev–Trinajstić information content (AvgIpc) is 3.54. The number of alkyl halides is 3. The zero-order valence-electron chi connectivity index (χ0n) is 24.6. The normalized spacial score (nSPS) is 13.8. The van der Waals surface area contributed by atoms with Crippen LogP contribution in [0, 0.1) is 12.8 Å². The highest BCUT2D eigenvalue weighted by molar-refractivity contribution is 7.90. The maximum absolute atomic E-state index is 13.5.